The molecule has 0 amide bonds. The maximum atomic E-state index is 11.7. The highest BCUT2D eigenvalue weighted by atomic mass is 16.5. The number of aliphatic hydroxyl groups is 1. The third-order valence-electron chi connectivity index (χ3n) is 2.39. The summed E-state index contributed by atoms with van der Waals surface area (Å²) in [5, 5.41) is 18.9. The first-order valence-electron chi connectivity index (χ1n) is 5.40. The molecule has 0 radical (unpaired) electrons. The molecular formula is C14H12O4. The van der Waals surface area contributed by atoms with Crippen LogP contribution in [0.1, 0.15) is 11.7 Å². The third-order valence-corrected chi connectivity index (χ3v) is 2.39. The van der Waals surface area contributed by atoms with Crippen LogP contribution >= 0.6 is 0 Å². The Morgan fingerprint density at radius 3 is 2.22 bits per heavy atom. The van der Waals surface area contributed by atoms with Crippen LogP contribution in [-0.2, 0) is 4.79 Å². The van der Waals surface area contributed by atoms with Crippen LogP contribution in [0, 0.1) is 0 Å². The number of carbonyl (C=O) groups excluding carboxylic acids is 1. The van der Waals surface area contributed by atoms with Crippen LogP contribution in [0.5, 0.6) is 11.5 Å². The fraction of sp³-hybridized carbons (Fsp3) is 0.0714. The van der Waals surface area contributed by atoms with E-state index in [4.69, 9.17) is 9.84 Å². The molecule has 2 aromatic carbocycles. The first kappa shape index (κ1) is 12.1. The summed E-state index contributed by atoms with van der Waals surface area (Å²) >= 11 is 0. The van der Waals surface area contributed by atoms with E-state index in [1.807, 2.05) is 0 Å². The van der Waals surface area contributed by atoms with Gasteiger partial charge < -0.3 is 14.9 Å². The topological polar surface area (TPSA) is 66.8 Å². The van der Waals surface area contributed by atoms with Crippen LogP contribution in [-0.4, -0.2) is 16.2 Å². The normalized spacial score (nSPS) is 11.8. The Labute approximate surface area is 104 Å². The molecule has 0 saturated heterocycles. The van der Waals surface area contributed by atoms with E-state index in [-0.39, 0.29) is 11.5 Å². The van der Waals surface area contributed by atoms with Gasteiger partial charge in [0.05, 0.1) is 0 Å². The summed E-state index contributed by atoms with van der Waals surface area (Å²) in [4.78, 5) is 11.7. The van der Waals surface area contributed by atoms with Gasteiger partial charge in [-0.3, -0.25) is 0 Å². The van der Waals surface area contributed by atoms with Gasteiger partial charge in [0.1, 0.15) is 11.5 Å². The van der Waals surface area contributed by atoms with Crippen molar-refractivity contribution in [1.82, 2.24) is 0 Å². The lowest BCUT2D eigenvalue weighted by molar-refractivity contribution is -0.144. The average Bonchev–Trinajstić information content (AvgIpc) is 2.41. The van der Waals surface area contributed by atoms with E-state index < -0.39 is 12.1 Å². The molecule has 0 aliphatic rings. The lowest BCUT2D eigenvalue weighted by atomic mass is 10.1. The second kappa shape index (κ2) is 5.33. The Morgan fingerprint density at radius 2 is 1.61 bits per heavy atom. The molecule has 4 heteroatoms. The minimum absolute atomic E-state index is 0.0819. The zero-order valence-electron chi connectivity index (χ0n) is 9.48. The lowest BCUT2D eigenvalue weighted by Crippen LogP contribution is -2.18. The minimum atomic E-state index is -1.32. The molecule has 2 rings (SSSR count). The number of aromatic hydroxyl groups is 1. The van der Waals surface area contributed by atoms with Crippen molar-refractivity contribution < 1.29 is 19.7 Å². The van der Waals surface area contributed by atoms with Crippen molar-refractivity contribution in [2.24, 2.45) is 0 Å². The van der Waals surface area contributed by atoms with Crippen LogP contribution in [0.15, 0.2) is 54.6 Å². The number of benzene rings is 2. The summed E-state index contributed by atoms with van der Waals surface area (Å²) in [5.41, 5.74) is 0.473. The number of hydrogen-bond acceptors (Lipinski definition) is 4. The molecule has 18 heavy (non-hydrogen) atoms. The van der Waals surface area contributed by atoms with E-state index in [1.54, 1.807) is 30.3 Å². The molecule has 0 aliphatic carbocycles. The highest BCUT2D eigenvalue weighted by molar-refractivity contribution is 5.78. The summed E-state index contributed by atoms with van der Waals surface area (Å²) in [6.45, 7) is 0. The molecule has 0 aliphatic heterocycles. The number of aliphatic hydroxyl groups excluding tert-OH is 1. The summed E-state index contributed by atoms with van der Waals surface area (Å²) in [7, 11) is 0. The fourth-order valence-electron chi connectivity index (χ4n) is 1.46. The Bertz CT molecular complexity index is 519. The van der Waals surface area contributed by atoms with E-state index in [0.717, 1.165) is 0 Å². The molecular weight excluding hydrogens is 232 g/mol. The van der Waals surface area contributed by atoms with Crippen molar-refractivity contribution in [3.05, 3.63) is 60.2 Å². The van der Waals surface area contributed by atoms with E-state index >= 15 is 0 Å². The zero-order valence-corrected chi connectivity index (χ0v) is 9.48. The van der Waals surface area contributed by atoms with Gasteiger partial charge in [0.2, 0.25) is 0 Å². The molecule has 2 aromatic rings. The molecule has 0 spiro atoms. The molecule has 0 heterocycles. The lowest BCUT2D eigenvalue weighted by Gasteiger charge is -2.10. The predicted octanol–water partition coefficient (Wildman–Crippen LogP) is 2.03. The molecule has 1 unspecified atom stereocenters. The first-order valence-corrected chi connectivity index (χ1v) is 5.40. The van der Waals surface area contributed by atoms with Crippen molar-refractivity contribution in [1.29, 1.82) is 0 Å². The number of carbonyl (C=O) groups is 1. The zero-order chi connectivity index (χ0) is 13.0. The van der Waals surface area contributed by atoms with E-state index in [0.29, 0.717) is 5.56 Å². The molecule has 4 nitrogen and oxygen atoms in total. The highest BCUT2D eigenvalue weighted by Crippen LogP contribution is 2.19. The monoisotopic (exact) mass is 244 g/mol. The Hall–Kier alpha value is -2.33. The Kier molecular flexibility index (Phi) is 3.60. The second-order valence-electron chi connectivity index (χ2n) is 3.73. The van der Waals surface area contributed by atoms with Gasteiger partial charge in [-0.15, -0.1) is 0 Å². The van der Waals surface area contributed by atoms with Crippen molar-refractivity contribution in [2.75, 3.05) is 0 Å². The van der Waals surface area contributed by atoms with E-state index in [2.05, 4.69) is 0 Å². The first-order chi connectivity index (χ1) is 8.66. The van der Waals surface area contributed by atoms with Crippen molar-refractivity contribution in [3.8, 4) is 11.5 Å². The largest absolute Gasteiger partial charge is 0.508 e. The van der Waals surface area contributed by atoms with Gasteiger partial charge in [-0.25, -0.2) is 4.79 Å². The molecule has 0 bridgehead atoms. The van der Waals surface area contributed by atoms with Crippen molar-refractivity contribution in [3.63, 3.8) is 0 Å². The van der Waals surface area contributed by atoms with Gasteiger partial charge in [-0.1, -0.05) is 30.3 Å². The standard InChI is InChI=1S/C14H12O4/c15-11-6-8-12(9-7-11)18-14(17)13(16)10-4-2-1-3-5-10/h1-9,13,15-16H. The van der Waals surface area contributed by atoms with Crippen LogP contribution in [0.2, 0.25) is 0 Å². The quantitative estimate of drug-likeness (QED) is 0.640. The number of hydrogen-bond donors (Lipinski definition) is 2. The van der Waals surface area contributed by atoms with Gasteiger partial charge in [-0.05, 0) is 29.8 Å². The van der Waals surface area contributed by atoms with Crippen LogP contribution in [0.3, 0.4) is 0 Å². The van der Waals surface area contributed by atoms with Gasteiger partial charge in [-0.2, -0.15) is 0 Å². The third kappa shape index (κ3) is 2.87. The summed E-state index contributed by atoms with van der Waals surface area (Å²) in [6.07, 6.45) is -1.32. The molecule has 92 valence electrons. The minimum Gasteiger partial charge on any atom is -0.508 e. The second-order valence-corrected chi connectivity index (χ2v) is 3.73. The van der Waals surface area contributed by atoms with Gasteiger partial charge in [0.15, 0.2) is 6.10 Å². The Morgan fingerprint density at radius 1 is 1.00 bits per heavy atom. The molecule has 2 N–H and O–H groups in total. The van der Waals surface area contributed by atoms with E-state index in [1.165, 1.54) is 24.3 Å². The Balaban J connectivity index is 2.06. The fourth-order valence-corrected chi connectivity index (χ4v) is 1.46. The maximum absolute atomic E-state index is 11.7. The van der Waals surface area contributed by atoms with Crippen molar-refractivity contribution >= 4 is 5.97 Å². The van der Waals surface area contributed by atoms with Gasteiger partial charge in [0, 0.05) is 0 Å². The SMILES string of the molecule is O=C(Oc1ccc(O)cc1)C(O)c1ccccc1. The van der Waals surface area contributed by atoms with Crippen molar-refractivity contribution in [2.45, 2.75) is 6.10 Å². The number of phenols is 1. The summed E-state index contributed by atoms with van der Waals surface area (Å²) < 4.78 is 4.99. The predicted molar refractivity (Wildman–Crippen MR) is 65.1 cm³/mol. The molecule has 1 atom stereocenters. The highest BCUT2D eigenvalue weighted by Gasteiger charge is 2.19. The van der Waals surface area contributed by atoms with Gasteiger partial charge in [0.25, 0.3) is 0 Å². The number of ether oxygens (including phenoxy) is 1. The summed E-state index contributed by atoms with van der Waals surface area (Å²) in [6, 6.07) is 14.2. The average molecular weight is 244 g/mol. The molecule has 0 aromatic heterocycles. The smallest absolute Gasteiger partial charge is 0.345 e. The van der Waals surface area contributed by atoms with Gasteiger partial charge >= 0.3 is 5.97 Å². The van der Waals surface area contributed by atoms with Crippen LogP contribution in [0.25, 0.3) is 0 Å². The molecule has 0 saturated carbocycles. The maximum Gasteiger partial charge on any atom is 0.345 e. The number of rotatable bonds is 3. The van der Waals surface area contributed by atoms with Crippen LogP contribution < -0.4 is 4.74 Å². The molecule has 0 fully saturated rings. The number of phenolic OH excluding ortho intramolecular Hbond substituents is 1. The van der Waals surface area contributed by atoms with Crippen LogP contribution in [0.4, 0.5) is 0 Å². The summed E-state index contributed by atoms with van der Waals surface area (Å²) in [5.74, 6) is -0.405. The number of esters is 1. The van der Waals surface area contributed by atoms with E-state index in [9.17, 15) is 9.90 Å².